The highest BCUT2D eigenvalue weighted by Gasteiger charge is 2.09. The van der Waals surface area contributed by atoms with E-state index in [4.69, 9.17) is 4.74 Å². The highest BCUT2D eigenvalue weighted by Crippen LogP contribution is 2.12. The van der Waals surface area contributed by atoms with Crippen LogP contribution in [-0.4, -0.2) is 17.6 Å². The lowest BCUT2D eigenvalue weighted by Crippen LogP contribution is -2.06. The van der Waals surface area contributed by atoms with E-state index >= 15 is 0 Å². The summed E-state index contributed by atoms with van der Waals surface area (Å²) in [5.41, 5.74) is 1.13. The van der Waals surface area contributed by atoms with E-state index < -0.39 is 0 Å². The Morgan fingerprint density at radius 2 is 2.14 bits per heavy atom. The average molecular weight is 191 g/mol. The molecule has 14 heavy (non-hydrogen) atoms. The maximum absolute atomic E-state index is 11.4. The molecule has 0 unspecified atom stereocenters. The molecule has 3 heteroatoms. The van der Waals surface area contributed by atoms with Crippen LogP contribution in [0.15, 0.2) is 31.1 Å². The summed E-state index contributed by atoms with van der Waals surface area (Å²) in [5, 5.41) is 0. The molecule has 74 valence electrons. The van der Waals surface area contributed by atoms with Crippen molar-refractivity contribution < 1.29 is 9.53 Å². The topological polar surface area (TPSA) is 39.2 Å². The molecular weight excluding hydrogens is 178 g/mol. The fourth-order valence-corrected chi connectivity index (χ4v) is 0.953. The number of carbonyl (C=O) groups excluding carboxylic acids is 1. The zero-order valence-electron chi connectivity index (χ0n) is 8.19. The molecule has 0 atom stereocenters. The number of hydrogen-bond donors (Lipinski definition) is 0. The third kappa shape index (κ3) is 2.69. The van der Waals surface area contributed by atoms with Gasteiger partial charge in [0.05, 0.1) is 12.2 Å². The molecule has 0 aromatic carbocycles. The van der Waals surface area contributed by atoms with Gasteiger partial charge in [0.25, 0.3) is 0 Å². The van der Waals surface area contributed by atoms with Crippen LogP contribution < -0.4 is 0 Å². The number of pyridine rings is 1. The lowest BCUT2D eigenvalue weighted by atomic mass is 10.1. The number of nitrogens with zero attached hydrogens (tertiary/aromatic N) is 1. The Morgan fingerprint density at radius 3 is 2.71 bits per heavy atom. The molecule has 0 aliphatic carbocycles. The first kappa shape index (κ1) is 10.4. The Balaban J connectivity index is 2.62. The van der Waals surface area contributed by atoms with Crippen LogP contribution >= 0.6 is 0 Å². The van der Waals surface area contributed by atoms with E-state index in [2.05, 4.69) is 11.6 Å². The van der Waals surface area contributed by atoms with Gasteiger partial charge in [0.2, 0.25) is 0 Å². The lowest BCUT2D eigenvalue weighted by Gasteiger charge is -2.05. The predicted octanol–water partition coefficient (Wildman–Crippen LogP) is 2.05. The van der Waals surface area contributed by atoms with E-state index in [0.29, 0.717) is 12.2 Å². The maximum Gasteiger partial charge on any atom is 0.338 e. The Labute approximate surface area is 83.4 Å². The SMILES string of the molecule is C=C(C(=O)OCCC)c1ccncc1. The van der Waals surface area contributed by atoms with Gasteiger partial charge in [-0.15, -0.1) is 0 Å². The first-order valence-electron chi connectivity index (χ1n) is 4.52. The minimum atomic E-state index is -0.363. The molecule has 1 aromatic heterocycles. The number of rotatable bonds is 4. The minimum absolute atomic E-state index is 0.363. The third-order valence-corrected chi connectivity index (χ3v) is 1.71. The molecule has 3 nitrogen and oxygen atoms in total. The van der Waals surface area contributed by atoms with Crippen LogP contribution in [0.1, 0.15) is 18.9 Å². The fraction of sp³-hybridized carbons (Fsp3) is 0.273. The van der Waals surface area contributed by atoms with Gasteiger partial charge in [-0.25, -0.2) is 4.79 Å². The van der Waals surface area contributed by atoms with E-state index in [1.807, 2.05) is 6.92 Å². The number of esters is 1. The van der Waals surface area contributed by atoms with Gasteiger partial charge in [0.1, 0.15) is 0 Å². The summed E-state index contributed by atoms with van der Waals surface area (Å²) in [7, 11) is 0. The molecule has 0 spiro atoms. The van der Waals surface area contributed by atoms with E-state index in [1.165, 1.54) is 0 Å². The van der Waals surface area contributed by atoms with Crippen LogP contribution in [0.3, 0.4) is 0 Å². The van der Waals surface area contributed by atoms with Gasteiger partial charge in [-0.05, 0) is 24.1 Å². The maximum atomic E-state index is 11.4. The van der Waals surface area contributed by atoms with Gasteiger partial charge in [0.15, 0.2) is 0 Å². The summed E-state index contributed by atoms with van der Waals surface area (Å²) in [4.78, 5) is 15.2. The first-order chi connectivity index (χ1) is 6.75. The molecule has 0 aliphatic rings. The molecule has 0 N–H and O–H groups in total. The molecule has 0 aliphatic heterocycles. The molecule has 0 saturated carbocycles. The number of aromatic nitrogens is 1. The average Bonchev–Trinajstić information content (AvgIpc) is 2.26. The van der Waals surface area contributed by atoms with Crippen molar-refractivity contribution in [2.24, 2.45) is 0 Å². The number of ether oxygens (including phenoxy) is 1. The zero-order valence-corrected chi connectivity index (χ0v) is 8.19. The second-order valence-corrected chi connectivity index (χ2v) is 2.85. The summed E-state index contributed by atoms with van der Waals surface area (Å²) >= 11 is 0. The molecule has 1 heterocycles. The summed E-state index contributed by atoms with van der Waals surface area (Å²) < 4.78 is 4.95. The number of hydrogen-bond acceptors (Lipinski definition) is 3. The van der Waals surface area contributed by atoms with Crippen LogP contribution in [0.5, 0.6) is 0 Å². The van der Waals surface area contributed by atoms with Crippen molar-refractivity contribution in [3.05, 3.63) is 36.7 Å². The summed E-state index contributed by atoms with van der Waals surface area (Å²) in [6.07, 6.45) is 4.05. The summed E-state index contributed by atoms with van der Waals surface area (Å²) in [5.74, 6) is -0.363. The molecule has 0 radical (unpaired) electrons. The van der Waals surface area contributed by atoms with E-state index in [0.717, 1.165) is 12.0 Å². The Hall–Kier alpha value is -1.64. The van der Waals surface area contributed by atoms with Crippen molar-refractivity contribution in [3.8, 4) is 0 Å². The van der Waals surface area contributed by atoms with Crippen LogP contribution in [0.2, 0.25) is 0 Å². The van der Waals surface area contributed by atoms with Gasteiger partial charge in [0, 0.05) is 12.4 Å². The van der Waals surface area contributed by atoms with Crippen molar-refractivity contribution in [2.75, 3.05) is 6.61 Å². The van der Waals surface area contributed by atoms with Gasteiger partial charge in [-0.3, -0.25) is 4.98 Å². The minimum Gasteiger partial charge on any atom is -0.462 e. The Bertz CT molecular complexity index is 319. The van der Waals surface area contributed by atoms with E-state index in [1.54, 1.807) is 24.5 Å². The largest absolute Gasteiger partial charge is 0.462 e. The second kappa shape index (κ2) is 5.17. The molecule has 0 amide bonds. The third-order valence-electron chi connectivity index (χ3n) is 1.71. The van der Waals surface area contributed by atoms with Crippen LogP contribution in [0, 0.1) is 0 Å². The lowest BCUT2D eigenvalue weighted by molar-refractivity contribution is -0.136. The van der Waals surface area contributed by atoms with Gasteiger partial charge < -0.3 is 4.74 Å². The predicted molar refractivity (Wildman–Crippen MR) is 54.5 cm³/mol. The standard InChI is InChI=1S/C11H13NO2/c1-3-8-14-11(13)9(2)10-4-6-12-7-5-10/h4-7H,2-3,8H2,1H3. The van der Waals surface area contributed by atoms with E-state index in [-0.39, 0.29) is 5.97 Å². The van der Waals surface area contributed by atoms with E-state index in [9.17, 15) is 4.79 Å². The quantitative estimate of drug-likeness (QED) is 0.540. The van der Waals surface area contributed by atoms with Gasteiger partial charge in [-0.1, -0.05) is 13.5 Å². The van der Waals surface area contributed by atoms with Crippen molar-refractivity contribution >= 4 is 11.5 Å². The smallest absolute Gasteiger partial charge is 0.338 e. The van der Waals surface area contributed by atoms with Crippen LogP contribution in [0.4, 0.5) is 0 Å². The van der Waals surface area contributed by atoms with Gasteiger partial charge >= 0.3 is 5.97 Å². The Morgan fingerprint density at radius 1 is 1.50 bits per heavy atom. The molecule has 1 rings (SSSR count). The van der Waals surface area contributed by atoms with Crippen LogP contribution in [0.25, 0.3) is 5.57 Å². The highest BCUT2D eigenvalue weighted by molar-refractivity contribution is 6.15. The number of carbonyl (C=O) groups is 1. The summed E-state index contributed by atoms with van der Waals surface area (Å²) in [6.45, 7) is 6.06. The molecular formula is C11H13NO2. The van der Waals surface area contributed by atoms with Crippen molar-refractivity contribution in [1.29, 1.82) is 0 Å². The fourth-order valence-electron chi connectivity index (χ4n) is 0.953. The molecule has 1 aromatic rings. The summed E-state index contributed by atoms with van der Waals surface area (Å²) in [6, 6.07) is 3.46. The molecule has 0 fully saturated rings. The Kier molecular flexibility index (Phi) is 3.85. The molecule has 0 saturated heterocycles. The van der Waals surface area contributed by atoms with Crippen molar-refractivity contribution in [2.45, 2.75) is 13.3 Å². The first-order valence-corrected chi connectivity index (χ1v) is 4.52. The van der Waals surface area contributed by atoms with Gasteiger partial charge in [-0.2, -0.15) is 0 Å². The van der Waals surface area contributed by atoms with Crippen molar-refractivity contribution in [3.63, 3.8) is 0 Å². The highest BCUT2D eigenvalue weighted by atomic mass is 16.5. The molecule has 0 bridgehead atoms. The normalized spacial score (nSPS) is 9.50. The van der Waals surface area contributed by atoms with Crippen molar-refractivity contribution in [1.82, 2.24) is 4.98 Å². The van der Waals surface area contributed by atoms with Crippen LogP contribution in [-0.2, 0) is 9.53 Å². The second-order valence-electron chi connectivity index (χ2n) is 2.85. The monoisotopic (exact) mass is 191 g/mol. The zero-order chi connectivity index (χ0) is 10.4.